The summed E-state index contributed by atoms with van der Waals surface area (Å²) in [7, 11) is 0. The van der Waals surface area contributed by atoms with Crippen molar-refractivity contribution in [3.63, 3.8) is 0 Å². The average molecular weight is 628 g/mol. The van der Waals surface area contributed by atoms with Crippen molar-refractivity contribution in [1.82, 2.24) is 15.6 Å². The van der Waals surface area contributed by atoms with Gasteiger partial charge in [-0.05, 0) is 46.9 Å². The molecule has 234 valence electrons. The summed E-state index contributed by atoms with van der Waals surface area (Å²) < 4.78 is 13.1. The maximum absolute atomic E-state index is 12.0. The fourth-order valence-corrected chi connectivity index (χ4v) is 6.46. The third-order valence-corrected chi connectivity index (χ3v) is 8.89. The number of aromatic carboxylic acids is 1. The molecule has 0 bridgehead atoms. The first-order chi connectivity index (χ1) is 21.9. The second-order valence-corrected chi connectivity index (χ2v) is 11.8. The number of nitrogens with zero attached hydrogens (tertiary/aromatic N) is 1. The van der Waals surface area contributed by atoms with Crippen molar-refractivity contribution in [2.45, 2.75) is 50.5 Å². The molecule has 1 fully saturated rings. The van der Waals surface area contributed by atoms with E-state index in [-0.39, 0.29) is 36.3 Å². The zero-order valence-electron chi connectivity index (χ0n) is 25.2. The number of pyridine rings is 1. The van der Waals surface area contributed by atoms with Crippen LogP contribution in [0.4, 0.5) is 4.79 Å². The number of aliphatic hydroxyl groups is 1. The van der Waals surface area contributed by atoms with Crippen LogP contribution < -0.4 is 10.6 Å². The lowest BCUT2D eigenvalue weighted by Crippen LogP contribution is -2.38. The van der Waals surface area contributed by atoms with Crippen LogP contribution in [0.5, 0.6) is 0 Å². The first-order valence-corrected chi connectivity index (χ1v) is 15.9. The third kappa shape index (κ3) is 7.90. The molecule has 9 nitrogen and oxygen atoms in total. The zero-order valence-corrected chi connectivity index (χ0v) is 26.0. The molecule has 0 unspecified atom stereocenters. The Kier molecular flexibility index (Phi) is 10.9. The lowest BCUT2D eigenvalue weighted by Gasteiger charge is -2.41. The molecule has 0 spiro atoms. The van der Waals surface area contributed by atoms with Crippen molar-refractivity contribution in [2.75, 3.05) is 12.3 Å². The lowest BCUT2D eigenvalue weighted by atomic mass is 9.91. The molecule has 2 heterocycles. The van der Waals surface area contributed by atoms with Crippen LogP contribution in [0.3, 0.4) is 0 Å². The first kappa shape index (κ1) is 32.2. The topological polar surface area (TPSA) is 130 Å². The van der Waals surface area contributed by atoms with Crippen molar-refractivity contribution in [3.8, 4) is 11.1 Å². The number of hydrogen-bond donors (Lipinski definition) is 4. The van der Waals surface area contributed by atoms with Crippen molar-refractivity contribution >= 4 is 23.8 Å². The molecule has 3 aromatic carbocycles. The summed E-state index contributed by atoms with van der Waals surface area (Å²) in [5.41, 5.74) is 5.80. The molecule has 5 rings (SSSR count). The third-order valence-electron chi connectivity index (χ3n) is 7.80. The fourth-order valence-electron chi connectivity index (χ4n) is 5.31. The number of amides is 2. The van der Waals surface area contributed by atoms with Crippen LogP contribution >= 0.6 is 11.8 Å². The molecule has 2 amide bonds. The van der Waals surface area contributed by atoms with E-state index < -0.39 is 12.3 Å². The summed E-state index contributed by atoms with van der Waals surface area (Å²) in [6.07, 6.45) is 0.347. The van der Waals surface area contributed by atoms with E-state index >= 15 is 0 Å². The van der Waals surface area contributed by atoms with Gasteiger partial charge in [0.2, 0.25) is 0 Å². The number of ether oxygens (including phenoxy) is 2. The zero-order chi connectivity index (χ0) is 31.8. The van der Waals surface area contributed by atoms with Gasteiger partial charge >= 0.3 is 12.0 Å². The number of urea groups is 1. The normalized spacial score (nSPS) is 19.5. The number of nitrogens with one attached hydrogen (secondary N) is 2. The summed E-state index contributed by atoms with van der Waals surface area (Å²) in [6.45, 7) is 4.85. The van der Waals surface area contributed by atoms with Crippen LogP contribution in [0.25, 0.3) is 11.1 Å². The summed E-state index contributed by atoms with van der Waals surface area (Å²) >= 11 is 1.36. The van der Waals surface area contributed by atoms with E-state index in [2.05, 4.69) is 22.5 Å². The van der Waals surface area contributed by atoms with Crippen LogP contribution in [-0.4, -0.2) is 45.6 Å². The number of thioether (sulfide) groups is 1. The van der Waals surface area contributed by atoms with E-state index in [0.717, 1.165) is 33.4 Å². The molecule has 1 saturated heterocycles. The second kappa shape index (κ2) is 15.2. The number of rotatable bonds is 11. The van der Waals surface area contributed by atoms with E-state index in [0.29, 0.717) is 23.9 Å². The maximum Gasteiger partial charge on any atom is 0.338 e. The Balaban J connectivity index is 1.39. The molecular weight excluding hydrogens is 590 g/mol. The molecule has 0 radical (unpaired) electrons. The molecular formula is C35H37N3O6S. The van der Waals surface area contributed by atoms with Crippen LogP contribution in [0.15, 0.2) is 96.2 Å². The SMILES string of the molecule is CCNC(=O)NCc1ccccc1-c1ccc([C@@H]2O[C@H](CSc3ncccc3C(=O)O)[C@H](C)[C@H](c3ccc(CO)cc3)O2)cc1. The Morgan fingerprint density at radius 2 is 1.64 bits per heavy atom. The van der Waals surface area contributed by atoms with Crippen molar-refractivity contribution in [1.29, 1.82) is 0 Å². The number of aromatic nitrogens is 1. The van der Waals surface area contributed by atoms with E-state index in [1.165, 1.54) is 11.8 Å². The van der Waals surface area contributed by atoms with Crippen molar-refractivity contribution < 1.29 is 29.3 Å². The number of aliphatic hydroxyl groups excluding tert-OH is 1. The predicted molar refractivity (Wildman–Crippen MR) is 173 cm³/mol. The maximum atomic E-state index is 12.0. The lowest BCUT2D eigenvalue weighted by molar-refractivity contribution is -0.268. The van der Waals surface area contributed by atoms with Gasteiger partial charge in [0.15, 0.2) is 6.29 Å². The van der Waals surface area contributed by atoms with E-state index in [1.54, 1.807) is 18.3 Å². The van der Waals surface area contributed by atoms with Gasteiger partial charge in [0, 0.05) is 36.5 Å². The molecule has 45 heavy (non-hydrogen) atoms. The van der Waals surface area contributed by atoms with Gasteiger partial charge in [0.1, 0.15) is 5.03 Å². The molecule has 0 aliphatic carbocycles. The Morgan fingerprint density at radius 3 is 2.36 bits per heavy atom. The number of carboxylic acid groups (broad SMARTS) is 1. The minimum absolute atomic E-state index is 0.0418. The highest BCUT2D eigenvalue weighted by atomic mass is 32.2. The highest BCUT2D eigenvalue weighted by Crippen LogP contribution is 2.43. The van der Waals surface area contributed by atoms with Crippen LogP contribution in [0.1, 0.15) is 58.9 Å². The van der Waals surface area contributed by atoms with Gasteiger partial charge in [-0.1, -0.05) is 79.7 Å². The molecule has 1 aliphatic rings. The minimum atomic E-state index is -1.02. The van der Waals surface area contributed by atoms with E-state index in [4.69, 9.17) is 9.47 Å². The van der Waals surface area contributed by atoms with Gasteiger partial charge in [0.25, 0.3) is 0 Å². The number of hydrogen-bond acceptors (Lipinski definition) is 7. The van der Waals surface area contributed by atoms with Crippen LogP contribution in [0.2, 0.25) is 0 Å². The Labute approximate surface area is 267 Å². The average Bonchev–Trinajstić information content (AvgIpc) is 3.07. The molecule has 0 saturated carbocycles. The van der Waals surface area contributed by atoms with Crippen LogP contribution in [0, 0.1) is 5.92 Å². The monoisotopic (exact) mass is 627 g/mol. The first-order valence-electron chi connectivity index (χ1n) is 14.9. The molecule has 4 atom stereocenters. The Morgan fingerprint density at radius 1 is 0.911 bits per heavy atom. The van der Waals surface area contributed by atoms with Crippen molar-refractivity contribution in [2.24, 2.45) is 5.92 Å². The highest BCUT2D eigenvalue weighted by Gasteiger charge is 2.38. The largest absolute Gasteiger partial charge is 0.478 e. The standard InChI is InChI=1S/C35H37N3O6S/c1-3-36-35(42)38-19-27-7-4-5-8-28(27)24-14-16-26(17-15-24)34-43-30(21-45-32-29(33(40)41)9-6-18-37-32)22(2)31(44-34)25-12-10-23(20-39)11-13-25/h4-18,22,30-31,34,39H,3,19-21H2,1-2H3,(H,40,41)(H2,36,38,42)/t22-,30+,31+,34+/m0/s1. The van der Waals surface area contributed by atoms with Crippen LogP contribution in [-0.2, 0) is 22.6 Å². The molecule has 10 heteroatoms. The Hall–Kier alpha value is -4.22. The van der Waals surface area contributed by atoms with Gasteiger partial charge in [-0.15, -0.1) is 11.8 Å². The van der Waals surface area contributed by atoms with E-state index in [1.807, 2.05) is 79.7 Å². The molecule has 4 aromatic rings. The van der Waals surface area contributed by atoms with Gasteiger partial charge in [-0.25, -0.2) is 14.6 Å². The summed E-state index contributed by atoms with van der Waals surface area (Å²) in [5, 5.41) is 25.3. The summed E-state index contributed by atoms with van der Waals surface area (Å²) in [6, 6.07) is 26.6. The van der Waals surface area contributed by atoms with E-state index in [9.17, 15) is 19.8 Å². The molecule has 1 aromatic heterocycles. The quantitative estimate of drug-likeness (QED) is 0.142. The molecule has 4 N–H and O–H groups in total. The number of carboxylic acids is 1. The Bertz CT molecular complexity index is 1600. The summed E-state index contributed by atoms with van der Waals surface area (Å²) in [5.74, 6) is -0.602. The van der Waals surface area contributed by atoms with Gasteiger partial charge in [0.05, 0.1) is 24.4 Å². The number of benzene rings is 3. The minimum Gasteiger partial charge on any atom is -0.478 e. The molecule has 1 aliphatic heterocycles. The summed E-state index contributed by atoms with van der Waals surface area (Å²) in [4.78, 5) is 28.0. The fraction of sp³-hybridized carbons (Fsp3) is 0.286. The van der Waals surface area contributed by atoms with Gasteiger partial charge < -0.3 is 30.3 Å². The second-order valence-electron chi connectivity index (χ2n) is 10.8. The van der Waals surface area contributed by atoms with Crippen molar-refractivity contribution in [3.05, 3.63) is 119 Å². The van der Waals surface area contributed by atoms with Gasteiger partial charge in [-0.3, -0.25) is 0 Å². The predicted octanol–water partition coefficient (Wildman–Crippen LogP) is 6.34. The highest BCUT2D eigenvalue weighted by molar-refractivity contribution is 7.99. The number of carbonyl (C=O) groups is 2. The van der Waals surface area contributed by atoms with Gasteiger partial charge in [-0.2, -0.15) is 0 Å². The number of carbonyl (C=O) groups excluding carboxylic acids is 1. The smallest absolute Gasteiger partial charge is 0.338 e.